The fraction of sp³-hybridized carbons (Fsp3) is 0.250. The quantitative estimate of drug-likeness (QED) is 0.112. The Hall–Kier alpha value is -6.16. The molecule has 1 nitrogen and oxygen atoms in total. The fourth-order valence-corrected chi connectivity index (χ4v) is 13.7. The van der Waals surface area contributed by atoms with E-state index in [0.717, 1.165) is 24.2 Å². The minimum Gasteiger partial charge on any atom is -0.355 e. The molecule has 9 aromatic rings. The summed E-state index contributed by atoms with van der Waals surface area (Å²) in [4.78, 5) is 0. The van der Waals surface area contributed by atoms with Crippen LogP contribution in [0.2, 0.25) is 0 Å². The molecule has 3 aliphatic carbocycles. The first-order chi connectivity index (χ1) is 32.5. The van der Waals surface area contributed by atoms with E-state index in [9.17, 15) is 0 Å². The van der Waals surface area contributed by atoms with Gasteiger partial charge in [-0.3, -0.25) is 0 Å². The lowest BCUT2D eigenvalue weighted by atomic mass is 9.54. The van der Waals surface area contributed by atoms with Crippen LogP contribution in [0.4, 0.5) is 11.4 Å². The molecule has 0 aliphatic heterocycles. The van der Waals surface area contributed by atoms with E-state index in [-0.39, 0.29) is 10.8 Å². The van der Waals surface area contributed by atoms with Gasteiger partial charge >= 0.3 is 0 Å². The molecular formula is C64H59BNS. The SMILES string of the molecule is CCCCCc1cc(C)c([B]c2cccc3c2Cc2ccccc2C32c3ccccc3-c3ccccc32)c(-c2cc3sc4ccccc4c3cc2Nc2ccc3c(c2)C(C)(C)CCC3(C)C)c1. The van der Waals surface area contributed by atoms with Crippen molar-refractivity contribution in [2.24, 2.45) is 0 Å². The number of anilines is 2. The average Bonchev–Trinajstić information content (AvgIpc) is 3.84. The standard InChI is InChI=1S/C64H59BNS/c1-7-8-9-19-41-34-40(2)61(65-57-28-18-27-54-50(57)36-42-20-10-14-24-51(42)64(54)52-25-15-11-21-44(52)45-22-12-16-26-53(45)64)49(35-41)47-39-60-48(46-23-13-17-29-59(46)67-60)38-58(47)66-43-30-31-55-56(37-43)63(5,6)33-32-62(55,3)4/h10-18,20-31,34-35,37-39,66H,7-9,19,32-33,36H2,1-6H3. The van der Waals surface area contributed by atoms with Gasteiger partial charge in [0.1, 0.15) is 0 Å². The highest BCUT2D eigenvalue weighted by Crippen LogP contribution is 2.59. The van der Waals surface area contributed by atoms with Gasteiger partial charge in [0.15, 0.2) is 7.28 Å². The molecule has 67 heavy (non-hydrogen) atoms. The Kier molecular flexibility index (Phi) is 10.1. The van der Waals surface area contributed by atoms with Crippen LogP contribution < -0.4 is 16.2 Å². The maximum absolute atomic E-state index is 4.12. The molecule has 1 N–H and O–H groups in total. The number of aryl methyl sites for hydroxylation is 2. The first-order valence-electron chi connectivity index (χ1n) is 24.8. The zero-order valence-electron chi connectivity index (χ0n) is 39.9. The zero-order chi connectivity index (χ0) is 45.7. The number of hydrogen-bond acceptors (Lipinski definition) is 2. The van der Waals surface area contributed by atoms with Crippen LogP contribution in [0.25, 0.3) is 42.4 Å². The number of unbranched alkanes of at least 4 members (excludes halogenated alkanes) is 2. The van der Waals surface area contributed by atoms with Gasteiger partial charge in [0.25, 0.3) is 0 Å². The van der Waals surface area contributed by atoms with Crippen LogP contribution >= 0.6 is 11.3 Å². The number of rotatable bonds is 9. The predicted octanol–water partition coefficient (Wildman–Crippen LogP) is 15.8. The number of fused-ring (bicyclic) bond motifs is 13. The molecule has 0 saturated heterocycles. The third kappa shape index (κ3) is 6.70. The normalized spacial score (nSPS) is 15.7. The van der Waals surface area contributed by atoms with Gasteiger partial charge in [-0.2, -0.15) is 0 Å². The van der Waals surface area contributed by atoms with E-state index >= 15 is 0 Å². The maximum atomic E-state index is 4.12. The summed E-state index contributed by atoms with van der Waals surface area (Å²) in [5, 5.41) is 6.75. The summed E-state index contributed by atoms with van der Waals surface area (Å²) in [6, 6.07) is 60.9. The van der Waals surface area contributed by atoms with Crippen molar-refractivity contribution in [3.05, 3.63) is 213 Å². The third-order valence-electron chi connectivity index (χ3n) is 16.1. The van der Waals surface area contributed by atoms with Crippen LogP contribution in [0.15, 0.2) is 158 Å². The third-order valence-corrected chi connectivity index (χ3v) is 17.2. The van der Waals surface area contributed by atoms with Crippen molar-refractivity contribution in [3.8, 4) is 22.3 Å². The van der Waals surface area contributed by atoms with Crippen LogP contribution in [0.1, 0.15) is 122 Å². The smallest absolute Gasteiger partial charge is 0.192 e. The molecule has 1 spiro atoms. The summed E-state index contributed by atoms with van der Waals surface area (Å²) in [5.41, 5.74) is 24.1. The van der Waals surface area contributed by atoms with Crippen LogP contribution in [-0.2, 0) is 29.1 Å². The van der Waals surface area contributed by atoms with Crippen molar-refractivity contribution in [1.82, 2.24) is 0 Å². The Morgan fingerprint density at radius 1 is 0.552 bits per heavy atom. The van der Waals surface area contributed by atoms with E-state index in [4.69, 9.17) is 0 Å². The molecule has 8 aromatic carbocycles. The Morgan fingerprint density at radius 3 is 2.01 bits per heavy atom. The van der Waals surface area contributed by atoms with Gasteiger partial charge < -0.3 is 5.32 Å². The lowest BCUT2D eigenvalue weighted by molar-refractivity contribution is 0.332. The van der Waals surface area contributed by atoms with Crippen molar-refractivity contribution in [2.75, 3.05) is 5.32 Å². The summed E-state index contributed by atoms with van der Waals surface area (Å²) < 4.78 is 2.65. The molecule has 0 amide bonds. The van der Waals surface area contributed by atoms with Crippen molar-refractivity contribution in [2.45, 2.75) is 103 Å². The van der Waals surface area contributed by atoms with Crippen LogP contribution in [0.5, 0.6) is 0 Å². The van der Waals surface area contributed by atoms with E-state index in [2.05, 4.69) is 212 Å². The summed E-state index contributed by atoms with van der Waals surface area (Å²) in [7, 11) is 2.55. The summed E-state index contributed by atoms with van der Waals surface area (Å²) in [6.45, 7) is 14.4. The minimum absolute atomic E-state index is 0.113. The Balaban J connectivity index is 1.06. The van der Waals surface area contributed by atoms with Gasteiger partial charge in [-0.1, -0.05) is 191 Å². The van der Waals surface area contributed by atoms with Gasteiger partial charge in [-0.25, -0.2) is 0 Å². The minimum atomic E-state index is -0.399. The molecule has 1 heterocycles. The number of thiophene rings is 1. The second-order valence-electron chi connectivity index (χ2n) is 21.2. The van der Waals surface area contributed by atoms with E-state index in [1.807, 2.05) is 11.3 Å². The first-order valence-corrected chi connectivity index (χ1v) is 25.6. The molecular weight excluding hydrogens is 826 g/mol. The topological polar surface area (TPSA) is 12.0 Å². The Bertz CT molecular complexity index is 3390. The van der Waals surface area contributed by atoms with Crippen molar-refractivity contribution >= 4 is 61.1 Å². The second kappa shape index (κ2) is 16.0. The molecule has 0 saturated carbocycles. The highest BCUT2D eigenvalue weighted by molar-refractivity contribution is 7.25. The molecule has 3 aliphatic rings. The highest BCUT2D eigenvalue weighted by Gasteiger charge is 2.50. The molecule has 0 fully saturated rings. The van der Waals surface area contributed by atoms with E-state index in [1.165, 1.54) is 141 Å². The van der Waals surface area contributed by atoms with E-state index < -0.39 is 5.41 Å². The second-order valence-corrected chi connectivity index (χ2v) is 22.3. The molecule has 12 rings (SSSR count). The number of hydrogen-bond donors (Lipinski definition) is 1. The molecule has 0 bridgehead atoms. The lowest BCUT2D eigenvalue weighted by Gasteiger charge is -2.42. The van der Waals surface area contributed by atoms with E-state index in [1.54, 1.807) is 0 Å². The predicted molar refractivity (Wildman–Crippen MR) is 289 cm³/mol. The molecule has 1 radical (unpaired) electrons. The van der Waals surface area contributed by atoms with Crippen molar-refractivity contribution < 1.29 is 0 Å². The molecule has 0 unspecified atom stereocenters. The Labute approximate surface area is 402 Å². The van der Waals surface area contributed by atoms with Gasteiger partial charge in [0, 0.05) is 37.1 Å². The molecule has 1 aromatic heterocycles. The molecule has 329 valence electrons. The average molecular weight is 885 g/mol. The van der Waals surface area contributed by atoms with Crippen LogP contribution in [0.3, 0.4) is 0 Å². The maximum Gasteiger partial charge on any atom is 0.192 e. The first kappa shape index (κ1) is 42.2. The van der Waals surface area contributed by atoms with Crippen LogP contribution in [0, 0.1) is 6.92 Å². The van der Waals surface area contributed by atoms with Gasteiger partial charge in [0.2, 0.25) is 0 Å². The Morgan fingerprint density at radius 2 is 1.24 bits per heavy atom. The largest absolute Gasteiger partial charge is 0.355 e. The zero-order valence-corrected chi connectivity index (χ0v) is 40.8. The van der Waals surface area contributed by atoms with Gasteiger partial charge in [0.05, 0.1) is 5.41 Å². The highest BCUT2D eigenvalue weighted by atomic mass is 32.1. The number of nitrogens with one attached hydrogen (secondary N) is 1. The molecule has 0 atom stereocenters. The van der Waals surface area contributed by atoms with Crippen LogP contribution in [-0.4, -0.2) is 7.28 Å². The fourth-order valence-electron chi connectivity index (χ4n) is 12.6. The summed E-state index contributed by atoms with van der Waals surface area (Å²) in [6.07, 6.45) is 7.99. The van der Waals surface area contributed by atoms with Gasteiger partial charge in [-0.15, -0.1) is 11.3 Å². The summed E-state index contributed by atoms with van der Waals surface area (Å²) in [5.74, 6) is 0. The lowest BCUT2D eigenvalue weighted by Crippen LogP contribution is -2.40. The summed E-state index contributed by atoms with van der Waals surface area (Å²) >= 11 is 1.91. The number of benzene rings is 8. The van der Waals surface area contributed by atoms with Crippen molar-refractivity contribution in [1.29, 1.82) is 0 Å². The van der Waals surface area contributed by atoms with E-state index in [0.29, 0.717) is 0 Å². The molecule has 3 heteroatoms. The van der Waals surface area contributed by atoms with Gasteiger partial charge in [-0.05, 0) is 147 Å². The monoisotopic (exact) mass is 884 g/mol. The van der Waals surface area contributed by atoms with Crippen molar-refractivity contribution in [3.63, 3.8) is 0 Å².